The number of amides is 4. The van der Waals surface area contributed by atoms with Gasteiger partial charge in [0.2, 0.25) is 5.91 Å². The van der Waals surface area contributed by atoms with Crippen molar-refractivity contribution in [3.8, 4) is 0 Å². The molecule has 1 saturated heterocycles. The number of hydrogen-bond acceptors (Lipinski definition) is 4. The highest BCUT2D eigenvalue weighted by Gasteiger charge is 2.53. The molecule has 1 aliphatic heterocycles. The van der Waals surface area contributed by atoms with E-state index in [1.54, 1.807) is 24.3 Å². The summed E-state index contributed by atoms with van der Waals surface area (Å²) in [6.45, 7) is 0.793. The molecule has 1 aliphatic rings. The van der Waals surface area contributed by atoms with Gasteiger partial charge in [-0.1, -0.05) is 60.7 Å². The Morgan fingerprint density at radius 1 is 1.00 bits per heavy atom. The van der Waals surface area contributed by atoms with E-state index in [-0.39, 0.29) is 12.5 Å². The zero-order valence-corrected chi connectivity index (χ0v) is 16.0. The standard InChI is InChI=1S/C21H24N4O3/c1-24(2)14-13-22-18(26)15-25-19(27)21(23-20(25)28,16-9-5-3-6-10-16)17-11-7-4-8-12-17/h3-12H,13-15H2,1-2H3,(H,22,26)(H,23,28). The van der Waals surface area contributed by atoms with Gasteiger partial charge in [0.25, 0.3) is 5.91 Å². The minimum atomic E-state index is -1.34. The zero-order chi connectivity index (χ0) is 20.1. The zero-order valence-electron chi connectivity index (χ0n) is 16.0. The van der Waals surface area contributed by atoms with Crippen LogP contribution in [-0.2, 0) is 15.1 Å². The van der Waals surface area contributed by atoms with E-state index in [0.717, 1.165) is 4.90 Å². The molecule has 3 rings (SSSR count). The second-order valence-electron chi connectivity index (χ2n) is 6.96. The van der Waals surface area contributed by atoms with E-state index in [0.29, 0.717) is 24.2 Å². The molecule has 1 heterocycles. The average molecular weight is 380 g/mol. The summed E-state index contributed by atoms with van der Waals surface area (Å²) in [5.41, 5.74) is -0.0473. The van der Waals surface area contributed by atoms with E-state index in [9.17, 15) is 14.4 Å². The summed E-state index contributed by atoms with van der Waals surface area (Å²) < 4.78 is 0. The Morgan fingerprint density at radius 3 is 2.04 bits per heavy atom. The van der Waals surface area contributed by atoms with Crippen molar-refractivity contribution in [3.63, 3.8) is 0 Å². The molecule has 7 heteroatoms. The van der Waals surface area contributed by atoms with E-state index >= 15 is 0 Å². The number of carbonyl (C=O) groups is 3. The van der Waals surface area contributed by atoms with E-state index in [2.05, 4.69) is 10.6 Å². The van der Waals surface area contributed by atoms with Gasteiger partial charge in [0.1, 0.15) is 6.54 Å². The second-order valence-corrected chi connectivity index (χ2v) is 6.96. The minimum Gasteiger partial charge on any atom is -0.353 e. The summed E-state index contributed by atoms with van der Waals surface area (Å²) in [4.78, 5) is 41.2. The molecular formula is C21H24N4O3. The summed E-state index contributed by atoms with van der Waals surface area (Å²) in [6.07, 6.45) is 0. The summed E-state index contributed by atoms with van der Waals surface area (Å²) in [5.74, 6) is -0.833. The largest absolute Gasteiger partial charge is 0.353 e. The van der Waals surface area contributed by atoms with Gasteiger partial charge in [0.05, 0.1) is 0 Å². The molecule has 0 aliphatic carbocycles. The fourth-order valence-corrected chi connectivity index (χ4v) is 3.27. The van der Waals surface area contributed by atoms with Crippen LogP contribution >= 0.6 is 0 Å². The molecule has 4 amide bonds. The molecule has 1 fully saturated rings. The lowest BCUT2D eigenvalue weighted by Gasteiger charge is -2.28. The van der Waals surface area contributed by atoms with Crippen LogP contribution in [0.5, 0.6) is 0 Å². The highest BCUT2D eigenvalue weighted by Crippen LogP contribution is 2.35. The molecule has 0 aromatic heterocycles. The van der Waals surface area contributed by atoms with Crippen molar-refractivity contribution in [2.45, 2.75) is 5.54 Å². The first-order valence-corrected chi connectivity index (χ1v) is 9.11. The molecule has 0 spiro atoms. The predicted molar refractivity (Wildman–Crippen MR) is 105 cm³/mol. The fraction of sp³-hybridized carbons (Fsp3) is 0.286. The van der Waals surface area contributed by atoms with Crippen molar-refractivity contribution >= 4 is 17.8 Å². The SMILES string of the molecule is CN(C)CCNC(=O)CN1C(=O)NC(c2ccccc2)(c2ccccc2)C1=O. The lowest BCUT2D eigenvalue weighted by molar-refractivity contribution is -0.134. The molecule has 0 atom stereocenters. The maximum atomic E-state index is 13.4. The van der Waals surface area contributed by atoms with Gasteiger partial charge < -0.3 is 15.5 Å². The Morgan fingerprint density at radius 2 is 1.54 bits per heavy atom. The van der Waals surface area contributed by atoms with Gasteiger partial charge in [-0.05, 0) is 25.2 Å². The molecule has 2 N–H and O–H groups in total. The molecule has 0 saturated carbocycles. The number of rotatable bonds is 7. The van der Waals surface area contributed by atoms with Gasteiger partial charge in [-0.3, -0.25) is 14.5 Å². The monoisotopic (exact) mass is 380 g/mol. The quantitative estimate of drug-likeness (QED) is 0.707. The highest BCUT2D eigenvalue weighted by molar-refractivity contribution is 6.11. The Bertz CT molecular complexity index is 813. The third-order valence-corrected chi connectivity index (χ3v) is 4.70. The van der Waals surface area contributed by atoms with Crippen LogP contribution in [0.2, 0.25) is 0 Å². The number of carbonyl (C=O) groups excluding carboxylic acids is 3. The number of imide groups is 1. The predicted octanol–water partition coefficient (Wildman–Crippen LogP) is 1.16. The van der Waals surface area contributed by atoms with Gasteiger partial charge in [-0.25, -0.2) is 4.79 Å². The average Bonchev–Trinajstić information content (AvgIpc) is 2.94. The first-order chi connectivity index (χ1) is 13.4. The van der Waals surface area contributed by atoms with E-state index in [1.165, 1.54) is 0 Å². The molecule has 7 nitrogen and oxygen atoms in total. The summed E-state index contributed by atoms with van der Waals surface area (Å²) in [7, 11) is 3.80. The van der Waals surface area contributed by atoms with Crippen LogP contribution < -0.4 is 10.6 Å². The van der Waals surface area contributed by atoms with Crippen LogP contribution in [-0.4, -0.2) is 61.4 Å². The van der Waals surface area contributed by atoms with Crippen molar-refractivity contribution < 1.29 is 14.4 Å². The number of nitrogens with one attached hydrogen (secondary N) is 2. The van der Waals surface area contributed by atoms with Crippen LogP contribution in [0.3, 0.4) is 0 Å². The maximum absolute atomic E-state index is 13.4. The van der Waals surface area contributed by atoms with Gasteiger partial charge in [0, 0.05) is 13.1 Å². The third-order valence-electron chi connectivity index (χ3n) is 4.70. The van der Waals surface area contributed by atoms with E-state index < -0.39 is 17.5 Å². The van der Waals surface area contributed by atoms with Gasteiger partial charge in [-0.15, -0.1) is 0 Å². The molecule has 0 unspecified atom stereocenters. The van der Waals surface area contributed by atoms with Crippen molar-refractivity contribution in [2.75, 3.05) is 33.7 Å². The van der Waals surface area contributed by atoms with Crippen molar-refractivity contribution in [3.05, 3.63) is 71.8 Å². The number of likely N-dealkylation sites (N-methyl/N-ethyl adjacent to an activating group) is 1. The van der Waals surface area contributed by atoms with Crippen molar-refractivity contribution in [1.29, 1.82) is 0 Å². The van der Waals surface area contributed by atoms with Gasteiger partial charge >= 0.3 is 6.03 Å². The number of benzene rings is 2. The van der Waals surface area contributed by atoms with Crippen LogP contribution in [0.1, 0.15) is 11.1 Å². The van der Waals surface area contributed by atoms with E-state index in [1.807, 2.05) is 55.4 Å². The molecule has 2 aromatic carbocycles. The minimum absolute atomic E-state index is 0.320. The van der Waals surface area contributed by atoms with Crippen LogP contribution in [0.25, 0.3) is 0 Å². The van der Waals surface area contributed by atoms with Gasteiger partial charge in [-0.2, -0.15) is 0 Å². The van der Waals surface area contributed by atoms with E-state index in [4.69, 9.17) is 0 Å². The van der Waals surface area contributed by atoms with Crippen LogP contribution in [0.15, 0.2) is 60.7 Å². The number of nitrogens with zero attached hydrogens (tertiary/aromatic N) is 2. The second kappa shape index (κ2) is 8.22. The van der Waals surface area contributed by atoms with Crippen LogP contribution in [0.4, 0.5) is 4.79 Å². The number of hydrogen-bond donors (Lipinski definition) is 2. The first-order valence-electron chi connectivity index (χ1n) is 9.11. The molecule has 0 bridgehead atoms. The molecule has 28 heavy (non-hydrogen) atoms. The Kier molecular flexibility index (Phi) is 5.75. The topological polar surface area (TPSA) is 81.8 Å². The number of urea groups is 1. The Labute approximate surface area is 164 Å². The maximum Gasteiger partial charge on any atom is 0.326 e. The van der Waals surface area contributed by atoms with Crippen molar-refractivity contribution in [2.24, 2.45) is 0 Å². The molecule has 0 radical (unpaired) electrons. The molecular weight excluding hydrogens is 356 g/mol. The smallest absolute Gasteiger partial charge is 0.326 e. The third kappa shape index (κ3) is 3.75. The first kappa shape index (κ1) is 19.6. The van der Waals surface area contributed by atoms with Crippen molar-refractivity contribution in [1.82, 2.24) is 20.4 Å². The summed E-state index contributed by atoms with van der Waals surface area (Å²) in [6, 6.07) is 17.6. The summed E-state index contributed by atoms with van der Waals surface area (Å²) >= 11 is 0. The molecule has 2 aromatic rings. The summed E-state index contributed by atoms with van der Waals surface area (Å²) in [5, 5.41) is 5.56. The Hall–Kier alpha value is -3.19. The Balaban J connectivity index is 1.88. The lowest BCUT2D eigenvalue weighted by atomic mass is 9.82. The normalized spacial score (nSPS) is 15.6. The lowest BCUT2D eigenvalue weighted by Crippen LogP contribution is -2.46. The van der Waals surface area contributed by atoms with Gasteiger partial charge in [0.15, 0.2) is 5.54 Å². The fourth-order valence-electron chi connectivity index (χ4n) is 3.27. The van der Waals surface area contributed by atoms with Crippen LogP contribution in [0, 0.1) is 0 Å². The highest BCUT2D eigenvalue weighted by atomic mass is 16.2. The molecule has 146 valence electrons.